The van der Waals surface area contributed by atoms with E-state index in [9.17, 15) is 13.2 Å². The molecule has 0 saturated carbocycles. The smallest absolute Gasteiger partial charge is 0.320 e. The number of carboxylic acids is 1. The van der Waals surface area contributed by atoms with Crippen LogP contribution >= 0.6 is 0 Å². The number of hydrogen-bond acceptors (Lipinski definition) is 4. The van der Waals surface area contributed by atoms with Crippen LogP contribution in [0.5, 0.6) is 0 Å². The normalized spacial score (nSPS) is 19.9. The fourth-order valence-corrected chi connectivity index (χ4v) is 4.15. The molecule has 0 amide bonds. The van der Waals surface area contributed by atoms with Crippen molar-refractivity contribution >= 4 is 15.8 Å². The number of carbonyl (C=O) groups is 1. The minimum absolute atomic E-state index is 0.0213. The summed E-state index contributed by atoms with van der Waals surface area (Å²) in [4.78, 5) is 13.2. The van der Waals surface area contributed by atoms with E-state index in [-0.39, 0.29) is 17.7 Å². The van der Waals surface area contributed by atoms with Crippen molar-refractivity contribution in [2.24, 2.45) is 0 Å². The SMILES string of the molecule is CC(C)(C)c1ccc(S(=O)(=O)CCN2CCC[C@H]2C(=O)O)cc1. The molecule has 0 unspecified atom stereocenters. The van der Waals surface area contributed by atoms with Gasteiger partial charge in [0.05, 0.1) is 10.6 Å². The zero-order chi connectivity index (χ0) is 17.3. The van der Waals surface area contributed by atoms with E-state index in [0.717, 1.165) is 12.0 Å². The zero-order valence-electron chi connectivity index (χ0n) is 13.9. The molecule has 1 N–H and O–H groups in total. The maximum Gasteiger partial charge on any atom is 0.320 e. The maximum absolute atomic E-state index is 12.5. The molecular weight excluding hydrogens is 314 g/mol. The third kappa shape index (κ3) is 4.32. The van der Waals surface area contributed by atoms with Gasteiger partial charge in [-0.3, -0.25) is 9.69 Å². The van der Waals surface area contributed by atoms with E-state index < -0.39 is 21.8 Å². The van der Waals surface area contributed by atoms with Crippen molar-refractivity contribution in [2.45, 2.75) is 50.0 Å². The minimum Gasteiger partial charge on any atom is -0.480 e. The Hall–Kier alpha value is -1.40. The monoisotopic (exact) mass is 339 g/mol. The topological polar surface area (TPSA) is 74.7 Å². The standard InChI is InChI=1S/C17H25NO4S/c1-17(2,3)13-6-8-14(9-7-13)23(21,22)12-11-18-10-4-5-15(18)16(19)20/h6-9,15H,4-5,10-12H2,1-3H3,(H,19,20)/t15-/m0/s1. The Morgan fingerprint density at radius 2 is 1.87 bits per heavy atom. The van der Waals surface area contributed by atoms with E-state index in [1.165, 1.54) is 0 Å². The Bertz CT molecular complexity index is 659. The first-order valence-electron chi connectivity index (χ1n) is 7.91. The lowest BCUT2D eigenvalue weighted by Crippen LogP contribution is -2.38. The fourth-order valence-electron chi connectivity index (χ4n) is 2.89. The molecule has 1 aliphatic heterocycles. The third-order valence-corrected chi connectivity index (χ3v) is 6.09. The molecule has 0 radical (unpaired) electrons. The van der Waals surface area contributed by atoms with E-state index in [4.69, 9.17) is 5.11 Å². The van der Waals surface area contributed by atoms with Gasteiger partial charge in [-0.2, -0.15) is 0 Å². The first-order chi connectivity index (χ1) is 10.6. The summed E-state index contributed by atoms with van der Waals surface area (Å²) < 4.78 is 24.9. The largest absolute Gasteiger partial charge is 0.480 e. The van der Waals surface area contributed by atoms with Crippen molar-refractivity contribution in [3.63, 3.8) is 0 Å². The number of rotatable bonds is 5. The second-order valence-electron chi connectivity index (χ2n) is 7.13. The lowest BCUT2D eigenvalue weighted by Gasteiger charge is -2.21. The summed E-state index contributed by atoms with van der Waals surface area (Å²) in [6.45, 7) is 7.15. The Kier molecular flexibility index (Phi) is 5.16. The third-order valence-electron chi connectivity index (χ3n) is 4.38. The summed E-state index contributed by atoms with van der Waals surface area (Å²) in [7, 11) is -3.39. The highest BCUT2D eigenvalue weighted by atomic mass is 32.2. The predicted octanol–water partition coefficient (Wildman–Crippen LogP) is 2.31. The number of nitrogens with zero attached hydrogens (tertiary/aromatic N) is 1. The Labute approximate surface area is 138 Å². The van der Waals surface area contributed by atoms with Gasteiger partial charge in [0.25, 0.3) is 0 Å². The second kappa shape index (κ2) is 6.61. The van der Waals surface area contributed by atoms with E-state index in [2.05, 4.69) is 20.8 Å². The van der Waals surface area contributed by atoms with Crippen LogP contribution in [0.15, 0.2) is 29.2 Å². The fraction of sp³-hybridized carbons (Fsp3) is 0.588. The summed E-state index contributed by atoms with van der Waals surface area (Å²) in [6.07, 6.45) is 1.40. The molecule has 1 saturated heterocycles. The summed E-state index contributed by atoms with van der Waals surface area (Å²) in [5.41, 5.74) is 1.06. The van der Waals surface area contributed by atoms with Gasteiger partial charge in [-0.25, -0.2) is 8.42 Å². The van der Waals surface area contributed by atoms with Crippen LogP contribution in [-0.4, -0.2) is 49.3 Å². The number of sulfone groups is 1. The van der Waals surface area contributed by atoms with Crippen LogP contribution in [0.3, 0.4) is 0 Å². The van der Waals surface area contributed by atoms with Gasteiger partial charge in [-0.05, 0) is 42.5 Å². The summed E-state index contributed by atoms with van der Waals surface area (Å²) in [6, 6.07) is 6.45. The predicted molar refractivity (Wildman–Crippen MR) is 89.4 cm³/mol. The number of likely N-dealkylation sites (tertiary alicyclic amines) is 1. The van der Waals surface area contributed by atoms with Crippen LogP contribution in [0.1, 0.15) is 39.2 Å². The zero-order valence-corrected chi connectivity index (χ0v) is 14.8. The molecule has 1 atom stereocenters. The van der Waals surface area contributed by atoms with Crippen LogP contribution in [-0.2, 0) is 20.0 Å². The van der Waals surface area contributed by atoms with Gasteiger partial charge < -0.3 is 5.11 Å². The molecule has 5 nitrogen and oxygen atoms in total. The van der Waals surface area contributed by atoms with Crippen LogP contribution < -0.4 is 0 Å². The van der Waals surface area contributed by atoms with Crippen molar-refractivity contribution in [3.05, 3.63) is 29.8 Å². The first-order valence-corrected chi connectivity index (χ1v) is 9.57. The molecule has 0 spiro atoms. The highest BCUT2D eigenvalue weighted by molar-refractivity contribution is 7.91. The van der Waals surface area contributed by atoms with Crippen LogP contribution in [0, 0.1) is 0 Å². The van der Waals surface area contributed by atoms with Crippen molar-refractivity contribution in [3.8, 4) is 0 Å². The van der Waals surface area contributed by atoms with E-state index >= 15 is 0 Å². The Morgan fingerprint density at radius 1 is 1.26 bits per heavy atom. The van der Waals surface area contributed by atoms with Gasteiger partial charge in [-0.1, -0.05) is 32.9 Å². The van der Waals surface area contributed by atoms with Gasteiger partial charge >= 0.3 is 5.97 Å². The molecule has 6 heteroatoms. The van der Waals surface area contributed by atoms with E-state index in [1.807, 2.05) is 12.1 Å². The van der Waals surface area contributed by atoms with E-state index in [0.29, 0.717) is 17.9 Å². The van der Waals surface area contributed by atoms with Crippen molar-refractivity contribution < 1.29 is 18.3 Å². The summed E-state index contributed by atoms with van der Waals surface area (Å²) in [5.74, 6) is -0.916. The quantitative estimate of drug-likeness (QED) is 0.891. The number of hydrogen-bond donors (Lipinski definition) is 1. The maximum atomic E-state index is 12.5. The van der Waals surface area contributed by atoms with Crippen LogP contribution in [0.2, 0.25) is 0 Å². The molecule has 1 fully saturated rings. The van der Waals surface area contributed by atoms with E-state index in [1.54, 1.807) is 17.0 Å². The second-order valence-corrected chi connectivity index (χ2v) is 9.23. The molecule has 2 rings (SSSR count). The molecule has 0 bridgehead atoms. The van der Waals surface area contributed by atoms with Crippen molar-refractivity contribution in [2.75, 3.05) is 18.8 Å². The molecular formula is C17H25NO4S. The minimum atomic E-state index is -3.39. The molecule has 23 heavy (non-hydrogen) atoms. The highest BCUT2D eigenvalue weighted by Gasteiger charge is 2.31. The summed E-state index contributed by atoms with van der Waals surface area (Å²) >= 11 is 0. The number of benzene rings is 1. The molecule has 1 aromatic carbocycles. The van der Waals surface area contributed by atoms with Gasteiger partial charge in [0.2, 0.25) is 0 Å². The first kappa shape index (κ1) is 17.9. The van der Waals surface area contributed by atoms with Gasteiger partial charge in [0, 0.05) is 6.54 Å². The lowest BCUT2D eigenvalue weighted by atomic mass is 9.87. The lowest BCUT2D eigenvalue weighted by molar-refractivity contribution is -0.142. The van der Waals surface area contributed by atoms with Gasteiger partial charge in [0.1, 0.15) is 6.04 Å². The van der Waals surface area contributed by atoms with Gasteiger partial charge in [0.15, 0.2) is 9.84 Å². The molecule has 1 aromatic rings. The van der Waals surface area contributed by atoms with Crippen LogP contribution in [0.4, 0.5) is 0 Å². The molecule has 0 aliphatic carbocycles. The molecule has 128 valence electrons. The Balaban J connectivity index is 2.06. The number of carboxylic acid groups (broad SMARTS) is 1. The van der Waals surface area contributed by atoms with Crippen molar-refractivity contribution in [1.82, 2.24) is 4.90 Å². The average Bonchev–Trinajstić information content (AvgIpc) is 2.93. The molecule has 0 aromatic heterocycles. The highest BCUT2D eigenvalue weighted by Crippen LogP contribution is 2.24. The Morgan fingerprint density at radius 3 is 2.39 bits per heavy atom. The average molecular weight is 339 g/mol. The molecule has 1 aliphatic rings. The van der Waals surface area contributed by atoms with Gasteiger partial charge in [-0.15, -0.1) is 0 Å². The summed E-state index contributed by atoms with van der Waals surface area (Å²) in [5, 5.41) is 9.15. The van der Waals surface area contributed by atoms with Crippen molar-refractivity contribution in [1.29, 1.82) is 0 Å². The van der Waals surface area contributed by atoms with Crippen LogP contribution in [0.25, 0.3) is 0 Å². The molecule has 1 heterocycles. The number of aliphatic carboxylic acids is 1.